The minimum atomic E-state index is -1.12. The molecule has 2 N–H and O–H groups in total. The minimum Gasteiger partial charge on any atom is -0.429 e. The van der Waals surface area contributed by atoms with Crippen LogP contribution in [0.15, 0.2) is 48.5 Å². The van der Waals surface area contributed by atoms with E-state index < -0.39 is 11.7 Å². The van der Waals surface area contributed by atoms with Crippen LogP contribution in [-0.4, -0.2) is 11.7 Å². The monoisotopic (exact) mass is 277 g/mol. The number of benzene rings is 2. The van der Waals surface area contributed by atoms with E-state index in [1.807, 2.05) is 36.4 Å². The summed E-state index contributed by atoms with van der Waals surface area (Å²) in [5, 5.41) is 0. The second-order valence-corrected chi connectivity index (χ2v) is 5.28. The zero-order valence-electron chi connectivity index (χ0n) is 11.7. The van der Waals surface area contributed by atoms with Crippen molar-refractivity contribution in [3.8, 4) is 23.5 Å². The molecule has 0 fully saturated rings. The van der Waals surface area contributed by atoms with Crippen LogP contribution in [0.1, 0.15) is 24.0 Å². The minimum absolute atomic E-state index is 0.220. The first-order valence-electron chi connectivity index (χ1n) is 6.71. The molecule has 0 saturated carbocycles. The lowest BCUT2D eigenvalue weighted by Crippen LogP contribution is -2.38. The molecule has 0 heterocycles. The highest BCUT2D eigenvalue weighted by atomic mass is 16.6. The zero-order valence-corrected chi connectivity index (χ0v) is 11.7. The van der Waals surface area contributed by atoms with E-state index in [4.69, 9.17) is 16.9 Å². The SMILES string of the molecule is C#CC(C)(OC(N)=O)C1c2ccccc2-c2ccccc21. The van der Waals surface area contributed by atoms with Crippen molar-refractivity contribution >= 4 is 6.09 Å². The molecule has 3 rings (SSSR count). The van der Waals surface area contributed by atoms with Crippen molar-refractivity contribution in [3.63, 3.8) is 0 Å². The highest BCUT2D eigenvalue weighted by Gasteiger charge is 2.43. The Labute approximate surface area is 123 Å². The molecule has 1 aliphatic rings. The van der Waals surface area contributed by atoms with Gasteiger partial charge >= 0.3 is 6.09 Å². The predicted octanol–water partition coefficient (Wildman–Crippen LogP) is 3.29. The Morgan fingerprint density at radius 3 is 2.05 bits per heavy atom. The molecule has 0 radical (unpaired) electrons. The molecule has 0 aliphatic heterocycles. The second-order valence-electron chi connectivity index (χ2n) is 5.28. The average molecular weight is 277 g/mol. The van der Waals surface area contributed by atoms with Crippen LogP contribution in [0.4, 0.5) is 4.79 Å². The van der Waals surface area contributed by atoms with Crippen LogP contribution in [0.25, 0.3) is 11.1 Å². The Morgan fingerprint density at radius 2 is 1.62 bits per heavy atom. The Morgan fingerprint density at radius 1 is 1.14 bits per heavy atom. The van der Waals surface area contributed by atoms with Crippen LogP contribution < -0.4 is 5.73 Å². The number of nitrogens with two attached hydrogens (primary N) is 1. The molecule has 1 amide bonds. The lowest BCUT2D eigenvalue weighted by Gasteiger charge is -2.31. The highest BCUT2D eigenvalue weighted by Crippen LogP contribution is 2.50. The van der Waals surface area contributed by atoms with Crippen LogP contribution in [-0.2, 0) is 4.74 Å². The average Bonchev–Trinajstić information content (AvgIpc) is 2.81. The van der Waals surface area contributed by atoms with Gasteiger partial charge in [-0.1, -0.05) is 54.5 Å². The Hall–Kier alpha value is -2.73. The van der Waals surface area contributed by atoms with Crippen molar-refractivity contribution in [2.24, 2.45) is 5.73 Å². The standard InChI is InChI=1S/C18H15NO2/c1-3-18(2,21-17(19)20)16-14-10-6-4-8-12(14)13-9-5-7-11-15(13)16/h1,4-11,16H,2H3,(H2,19,20). The van der Waals surface area contributed by atoms with Crippen molar-refractivity contribution in [3.05, 3.63) is 59.7 Å². The molecule has 0 saturated heterocycles. The second kappa shape index (κ2) is 4.68. The number of primary amides is 1. The van der Waals surface area contributed by atoms with Crippen LogP contribution >= 0.6 is 0 Å². The Bertz CT molecular complexity index is 714. The van der Waals surface area contributed by atoms with Gasteiger partial charge in [-0.25, -0.2) is 4.79 Å². The van der Waals surface area contributed by atoms with E-state index in [9.17, 15) is 4.79 Å². The van der Waals surface area contributed by atoms with E-state index in [2.05, 4.69) is 18.1 Å². The van der Waals surface area contributed by atoms with Gasteiger partial charge in [-0.05, 0) is 29.2 Å². The van der Waals surface area contributed by atoms with Gasteiger partial charge in [0.25, 0.3) is 0 Å². The fraction of sp³-hybridized carbons (Fsp3) is 0.167. The summed E-state index contributed by atoms with van der Waals surface area (Å²) >= 11 is 0. The maximum absolute atomic E-state index is 11.3. The number of hydrogen-bond donors (Lipinski definition) is 1. The summed E-state index contributed by atoms with van der Waals surface area (Å²) in [5.41, 5.74) is 8.44. The third kappa shape index (κ3) is 1.96. The summed E-state index contributed by atoms with van der Waals surface area (Å²) in [4.78, 5) is 11.3. The van der Waals surface area contributed by atoms with Gasteiger partial charge in [-0.3, -0.25) is 0 Å². The van der Waals surface area contributed by atoms with Crippen molar-refractivity contribution in [2.75, 3.05) is 0 Å². The fourth-order valence-corrected chi connectivity index (χ4v) is 3.13. The number of hydrogen-bond acceptors (Lipinski definition) is 2. The molecular weight excluding hydrogens is 262 g/mol. The molecule has 104 valence electrons. The van der Waals surface area contributed by atoms with E-state index in [-0.39, 0.29) is 5.92 Å². The van der Waals surface area contributed by atoms with Crippen molar-refractivity contribution in [1.29, 1.82) is 0 Å². The molecule has 0 bridgehead atoms. The van der Waals surface area contributed by atoms with Gasteiger partial charge in [0, 0.05) is 0 Å². The topological polar surface area (TPSA) is 52.3 Å². The van der Waals surface area contributed by atoms with Gasteiger partial charge in [0.05, 0.1) is 5.92 Å². The lowest BCUT2D eigenvalue weighted by atomic mass is 9.82. The first-order valence-corrected chi connectivity index (χ1v) is 6.71. The van der Waals surface area contributed by atoms with E-state index in [1.165, 1.54) is 0 Å². The smallest absolute Gasteiger partial charge is 0.406 e. The number of ether oxygens (including phenoxy) is 1. The summed E-state index contributed by atoms with van der Waals surface area (Å²) < 4.78 is 5.29. The maximum Gasteiger partial charge on any atom is 0.406 e. The van der Waals surface area contributed by atoms with Crippen molar-refractivity contribution in [1.82, 2.24) is 0 Å². The highest BCUT2D eigenvalue weighted by molar-refractivity contribution is 5.80. The number of carbonyl (C=O) groups is 1. The summed E-state index contributed by atoms with van der Waals surface area (Å²) in [7, 11) is 0. The van der Waals surface area contributed by atoms with Gasteiger partial charge in [-0.15, -0.1) is 6.42 Å². The maximum atomic E-state index is 11.3. The Balaban J connectivity index is 2.23. The van der Waals surface area contributed by atoms with E-state index in [1.54, 1.807) is 6.92 Å². The molecule has 1 aliphatic carbocycles. The van der Waals surface area contributed by atoms with Crippen LogP contribution in [0.3, 0.4) is 0 Å². The van der Waals surface area contributed by atoms with Gasteiger partial charge in [0.15, 0.2) is 5.60 Å². The lowest BCUT2D eigenvalue weighted by molar-refractivity contribution is 0.0633. The molecule has 0 aromatic heterocycles. The summed E-state index contributed by atoms with van der Waals surface area (Å²) in [6, 6.07) is 16.0. The third-order valence-corrected chi connectivity index (χ3v) is 3.98. The number of amides is 1. The third-order valence-electron chi connectivity index (χ3n) is 3.98. The molecular formula is C18H15NO2. The van der Waals surface area contributed by atoms with Crippen LogP contribution in [0.2, 0.25) is 0 Å². The normalized spacial score (nSPS) is 15.4. The first-order chi connectivity index (χ1) is 10.1. The largest absolute Gasteiger partial charge is 0.429 e. The van der Waals surface area contributed by atoms with Gasteiger partial charge in [-0.2, -0.15) is 0 Å². The van der Waals surface area contributed by atoms with Gasteiger partial charge in [0.2, 0.25) is 0 Å². The van der Waals surface area contributed by atoms with Crippen LogP contribution in [0.5, 0.6) is 0 Å². The molecule has 0 spiro atoms. The first kappa shape index (κ1) is 13.3. The molecule has 1 atom stereocenters. The van der Waals surface area contributed by atoms with Gasteiger partial charge in [0.1, 0.15) is 0 Å². The molecule has 21 heavy (non-hydrogen) atoms. The fourth-order valence-electron chi connectivity index (χ4n) is 3.13. The zero-order chi connectivity index (χ0) is 15.0. The molecule has 2 aromatic carbocycles. The Kier molecular flexibility index (Phi) is 2.95. The molecule has 2 aromatic rings. The summed E-state index contributed by atoms with van der Waals surface area (Å²) in [6.45, 7) is 1.72. The number of terminal acetylenes is 1. The van der Waals surface area contributed by atoms with Crippen LogP contribution in [0, 0.1) is 12.3 Å². The van der Waals surface area contributed by atoms with E-state index in [0.717, 1.165) is 22.3 Å². The van der Waals surface area contributed by atoms with E-state index in [0.29, 0.717) is 0 Å². The molecule has 3 nitrogen and oxygen atoms in total. The van der Waals surface area contributed by atoms with Crippen molar-refractivity contribution in [2.45, 2.75) is 18.4 Å². The summed E-state index contributed by atoms with van der Waals surface area (Å²) in [6.07, 6.45) is 4.80. The summed E-state index contributed by atoms with van der Waals surface area (Å²) in [5.74, 6) is 2.39. The number of carbonyl (C=O) groups excluding carboxylic acids is 1. The van der Waals surface area contributed by atoms with Gasteiger partial charge < -0.3 is 10.5 Å². The van der Waals surface area contributed by atoms with E-state index >= 15 is 0 Å². The molecule has 3 heteroatoms. The number of fused-ring (bicyclic) bond motifs is 3. The quantitative estimate of drug-likeness (QED) is 0.856. The molecule has 1 unspecified atom stereocenters. The predicted molar refractivity (Wildman–Crippen MR) is 81.6 cm³/mol. The van der Waals surface area contributed by atoms with Crippen molar-refractivity contribution < 1.29 is 9.53 Å². The number of rotatable bonds is 2.